The van der Waals surface area contributed by atoms with Crippen LogP contribution < -0.4 is 4.74 Å². The van der Waals surface area contributed by atoms with E-state index in [9.17, 15) is 9.50 Å². The van der Waals surface area contributed by atoms with Crippen LogP contribution in [0.5, 0.6) is 11.6 Å². The van der Waals surface area contributed by atoms with Gasteiger partial charge in [0.25, 0.3) is 0 Å². The zero-order chi connectivity index (χ0) is 19.3. The van der Waals surface area contributed by atoms with E-state index in [0.29, 0.717) is 17.1 Å². The van der Waals surface area contributed by atoms with Crippen LogP contribution >= 0.6 is 0 Å². The number of phenolic OH excluding ortho intramolecular Hbond substituents is 1. The number of fused-ring (bicyclic) bond motifs is 2. The van der Waals surface area contributed by atoms with E-state index in [1.165, 1.54) is 0 Å². The maximum absolute atomic E-state index is 14.5. The summed E-state index contributed by atoms with van der Waals surface area (Å²) in [6, 6.07) is 8.62. The van der Waals surface area contributed by atoms with Gasteiger partial charge in [0.15, 0.2) is 6.17 Å². The number of alkyl halides is 1. The van der Waals surface area contributed by atoms with Crippen molar-refractivity contribution in [3.8, 4) is 28.6 Å². The molecule has 28 heavy (non-hydrogen) atoms. The number of benzene rings is 1. The summed E-state index contributed by atoms with van der Waals surface area (Å²) in [7, 11) is 1.95. The Kier molecular flexibility index (Phi) is 4.01. The molecule has 4 atom stereocenters. The first kappa shape index (κ1) is 17.1. The van der Waals surface area contributed by atoms with E-state index in [0.717, 1.165) is 18.7 Å². The van der Waals surface area contributed by atoms with E-state index in [1.54, 1.807) is 47.6 Å². The summed E-state index contributed by atoms with van der Waals surface area (Å²) < 4.78 is 22.1. The molecule has 2 aliphatic rings. The second kappa shape index (κ2) is 6.56. The van der Waals surface area contributed by atoms with E-state index in [4.69, 9.17) is 4.74 Å². The minimum absolute atomic E-state index is 0.0619. The quantitative estimate of drug-likeness (QED) is 0.748. The van der Waals surface area contributed by atoms with Crippen LogP contribution in [0.1, 0.15) is 6.42 Å². The van der Waals surface area contributed by atoms with Gasteiger partial charge in [-0.2, -0.15) is 0 Å². The van der Waals surface area contributed by atoms with Gasteiger partial charge in [-0.15, -0.1) is 10.2 Å². The summed E-state index contributed by atoms with van der Waals surface area (Å²) in [5.74, 6) is 0.585. The first-order chi connectivity index (χ1) is 13.6. The Morgan fingerprint density at radius 2 is 2.11 bits per heavy atom. The van der Waals surface area contributed by atoms with Gasteiger partial charge in [-0.05, 0) is 31.7 Å². The van der Waals surface area contributed by atoms with Crippen molar-refractivity contribution in [2.45, 2.75) is 24.7 Å². The van der Waals surface area contributed by atoms with Gasteiger partial charge in [0.1, 0.15) is 11.9 Å². The molecule has 2 aromatic heterocycles. The third kappa shape index (κ3) is 2.80. The van der Waals surface area contributed by atoms with Crippen LogP contribution in [0, 0.1) is 5.92 Å². The van der Waals surface area contributed by atoms with Crippen molar-refractivity contribution in [2.24, 2.45) is 5.92 Å². The fraction of sp³-hybridized carbons (Fsp3) is 0.350. The normalized spacial score (nSPS) is 26.6. The van der Waals surface area contributed by atoms with E-state index >= 15 is 0 Å². The number of imidazole rings is 1. The Morgan fingerprint density at radius 3 is 2.75 bits per heavy atom. The standard InChI is InChI=1S/C20H20FN5O2/c1-25-10-12-8-16(25)19(21)20(12)28-18-5-4-15(23-24-18)14-3-2-13(9-17(14)27)26-7-6-22-11-26/h2-7,9,11-12,16,19-20,27H,8,10H2,1H3/t12-,16-,19+,20-/m1/s1. The summed E-state index contributed by atoms with van der Waals surface area (Å²) in [6.45, 7) is 0.846. The van der Waals surface area contributed by atoms with Gasteiger partial charge in [0.2, 0.25) is 5.88 Å². The molecule has 0 radical (unpaired) electrons. The number of hydrogen-bond acceptors (Lipinski definition) is 6. The van der Waals surface area contributed by atoms with Crippen LogP contribution in [0.2, 0.25) is 0 Å². The molecular weight excluding hydrogens is 361 g/mol. The van der Waals surface area contributed by atoms with Gasteiger partial charge in [0, 0.05) is 48.6 Å². The largest absolute Gasteiger partial charge is 0.507 e. The number of nitrogens with zero attached hydrogens (tertiary/aromatic N) is 5. The molecule has 1 saturated carbocycles. The second-order valence-corrected chi connectivity index (χ2v) is 7.46. The number of aromatic hydroxyl groups is 1. The topological polar surface area (TPSA) is 76.3 Å². The van der Waals surface area contributed by atoms with Gasteiger partial charge in [0.05, 0.1) is 17.7 Å². The van der Waals surface area contributed by atoms with Crippen molar-refractivity contribution in [3.05, 3.63) is 49.1 Å². The molecule has 0 amide bonds. The van der Waals surface area contributed by atoms with Gasteiger partial charge in [-0.3, -0.25) is 4.90 Å². The number of halogens is 1. The summed E-state index contributed by atoms with van der Waals surface area (Å²) in [5.41, 5.74) is 1.88. The van der Waals surface area contributed by atoms with Crippen molar-refractivity contribution in [1.29, 1.82) is 0 Å². The van der Waals surface area contributed by atoms with Gasteiger partial charge >= 0.3 is 0 Å². The number of likely N-dealkylation sites (tertiary alicyclic amines) is 1. The molecule has 3 heterocycles. The van der Waals surface area contributed by atoms with E-state index in [1.807, 2.05) is 13.1 Å². The Balaban J connectivity index is 1.33. The molecule has 2 bridgehead atoms. The number of rotatable bonds is 4. The van der Waals surface area contributed by atoms with Crippen LogP contribution in [-0.2, 0) is 0 Å². The van der Waals surface area contributed by atoms with E-state index in [-0.39, 0.29) is 17.7 Å². The number of ether oxygens (including phenoxy) is 1. The Morgan fingerprint density at radius 1 is 1.21 bits per heavy atom. The summed E-state index contributed by atoms with van der Waals surface area (Å²) in [6.07, 6.45) is 4.48. The van der Waals surface area contributed by atoms with Gasteiger partial charge in [-0.1, -0.05) is 0 Å². The predicted molar refractivity (Wildman–Crippen MR) is 100 cm³/mol. The molecule has 3 aromatic rings. The highest BCUT2D eigenvalue weighted by Gasteiger charge is 2.52. The van der Waals surface area contributed by atoms with Crippen LogP contribution in [0.3, 0.4) is 0 Å². The van der Waals surface area contributed by atoms with Gasteiger partial charge in [-0.25, -0.2) is 9.37 Å². The van der Waals surface area contributed by atoms with Crippen LogP contribution in [-0.4, -0.2) is 61.7 Å². The summed E-state index contributed by atoms with van der Waals surface area (Å²) >= 11 is 0. The monoisotopic (exact) mass is 381 g/mol. The molecule has 8 heteroatoms. The zero-order valence-electron chi connectivity index (χ0n) is 15.3. The summed E-state index contributed by atoms with van der Waals surface area (Å²) in [4.78, 5) is 6.06. The minimum atomic E-state index is -1.01. The third-order valence-electron chi connectivity index (χ3n) is 5.74. The average Bonchev–Trinajstić information content (AvgIpc) is 3.41. The Bertz CT molecular complexity index is 977. The molecular formula is C20H20FN5O2. The van der Waals surface area contributed by atoms with E-state index in [2.05, 4.69) is 20.1 Å². The summed E-state index contributed by atoms with van der Waals surface area (Å²) in [5, 5.41) is 18.6. The fourth-order valence-corrected chi connectivity index (χ4v) is 4.30. The predicted octanol–water partition coefficient (Wildman–Crippen LogP) is 2.45. The number of piperidine rings is 1. The SMILES string of the molecule is CN1C[C@H]2C[C@@H]1[C@H](F)[C@@H]2Oc1ccc(-c2ccc(-n3ccnc3)cc2O)nn1. The second-order valence-electron chi connectivity index (χ2n) is 7.46. The van der Waals surface area contributed by atoms with Crippen molar-refractivity contribution < 1.29 is 14.2 Å². The molecule has 0 spiro atoms. The minimum Gasteiger partial charge on any atom is -0.507 e. The lowest BCUT2D eigenvalue weighted by atomic mass is 10.1. The molecule has 1 aromatic carbocycles. The lowest BCUT2D eigenvalue weighted by Crippen LogP contribution is -2.46. The number of phenols is 1. The number of hydrogen-bond donors (Lipinski definition) is 1. The number of aromatic nitrogens is 4. The first-order valence-corrected chi connectivity index (χ1v) is 9.26. The van der Waals surface area contributed by atoms with Crippen molar-refractivity contribution in [1.82, 2.24) is 24.6 Å². The van der Waals surface area contributed by atoms with Crippen molar-refractivity contribution >= 4 is 0 Å². The maximum Gasteiger partial charge on any atom is 0.233 e. The third-order valence-corrected chi connectivity index (χ3v) is 5.74. The van der Waals surface area contributed by atoms with Crippen molar-refractivity contribution in [2.75, 3.05) is 13.6 Å². The molecule has 1 aliphatic carbocycles. The molecule has 2 fully saturated rings. The van der Waals surface area contributed by atoms with Crippen LogP contribution in [0.25, 0.3) is 16.9 Å². The first-order valence-electron chi connectivity index (χ1n) is 9.26. The molecule has 1 aliphatic heterocycles. The highest BCUT2D eigenvalue weighted by atomic mass is 19.1. The van der Waals surface area contributed by atoms with Crippen LogP contribution in [0.4, 0.5) is 4.39 Å². The average molecular weight is 381 g/mol. The lowest BCUT2D eigenvalue weighted by Gasteiger charge is -2.31. The molecule has 1 N–H and O–H groups in total. The Labute approximate surface area is 161 Å². The lowest BCUT2D eigenvalue weighted by molar-refractivity contribution is 0.0220. The highest BCUT2D eigenvalue weighted by Crippen LogP contribution is 2.40. The molecule has 144 valence electrons. The Hall–Kier alpha value is -3.00. The van der Waals surface area contributed by atoms with E-state index < -0.39 is 12.3 Å². The van der Waals surface area contributed by atoms with Crippen molar-refractivity contribution in [3.63, 3.8) is 0 Å². The van der Waals surface area contributed by atoms with Gasteiger partial charge < -0.3 is 14.4 Å². The maximum atomic E-state index is 14.5. The molecule has 7 nitrogen and oxygen atoms in total. The molecule has 0 unspecified atom stereocenters. The fourth-order valence-electron chi connectivity index (χ4n) is 4.30. The smallest absolute Gasteiger partial charge is 0.233 e. The highest BCUT2D eigenvalue weighted by molar-refractivity contribution is 5.68. The molecule has 5 rings (SSSR count). The van der Waals surface area contributed by atoms with Crippen LogP contribution in [0.15, 0.2) is 49.1 Å². The molecule has 1 saturated heterocycles. The zero-order valence-corrected chi connectivity index (χ0v) is 15.3.